The maximum absolute atomic E-state index is 11.5. The summed E-state index contributed by atoms with van der Waals surface area (Å²) in [6, 6.07) is -1.53. The Bertz CT molecular complexity index is 338. The molecule has 0 saturated carbocycles. The number of rotatable bonds is 5. The van der Waals surface area contributed by atoms with E-state index in [9.17, 15) is 13.8 Å². The summed E-state index contributed by atoms with van der Waals surface area (Å²) in [5.41, 5.74) is -0.581. The fraction of sp³-hybridized carbons (Fsp3) is 0.818. The summed E-state index contributed by atoms with van der Waals surface area (Å²) < 4.78 is 11.1. The smallest absolute Gasteiger partial charge is 0.326 e. The molecule has 0 aromatic rings. The number of amides is 2. The van der Waals surface area contributed by atoms with Crippen molar-refractivity contribution in [3.8, 4) is 0 Å². The minimum atomic E-state index is -1.08. The summed E-state index contributed by atoms with van der Waals surface area (Å²) in [4.78, 5) is 22.6. The normalized spacial score (nSPS) is 16.5. The molecule has 0 aromatic carbocycles. The van der Waals surface area contributed by atoms with E-state index in [2.05, 4.69) is 10.6 Å². The SMILES string of the molecule is CC(CNC(=O)NC(C(=O)O)C(C)(C)C)S(C)=O. The molecule has 3 atom stereocenters. The molecule has 0 spiro atoms. The summed E-state index contributed by atoms with van der Waals surface area (Å²) >= 11 is 0. The lowest BCUT2D eigenvalue weighted by atomic mass is 9.87. The lowest BCUT2D eigenvalue weighted by Crippen LogP contribution is -2.53. The second-order valence-electron chi connectivity index (χ2n) is 5.30. The number of hydrogen-bond donors (Lipinski definition) is 3. The number of carboxylic acid groups (broad SMARTS) is 1. The number of carbonyl (C=O) groups excluding carboxylic acids is 1. The van der Waals surface area contributed by atoms with Gasteiger partial charge in [-0.05, 0) is 12.3 Å². The maximum atomic E-state index is 11.5. The molecular weight excluding hydrogens is 256 g/mol. The van der Waals surface area contributed by atoms with Crippen LogP contribution in [0.3, 0.4) is 0 Å². The van der Waals surface area contributed by atoms with E-state index in [4.69, 9.17) is 5.11 Å². The van der Waals surface area contributed by atoms with Crippen LogP contribution in [0.5, 0.6) is 0 Å². The first kappa shape index (κ1) is 16.9. The third-order valence-corrected chi connectivity index (χ3v) is 3.81. The van der Waals surface area contributed by atoms with Crippen molar-refractivity contribution in [1.29, 1.82) is 0 Å². The van der Waals surface area contributed by atoms with E-state index in [1.165, 1.54) is 0 Å². The molecule has 0 saturated heterocycles. The molecule has 3 unspecified atom stereocenters. The third-order valence-electron chi connectivity index (χ3n) is 2.51. The lowest BCUT2D eigenvalue weighted by Gasteiger charge is -2.27. The van der Waals surface area contributed by atoms with Crippen LogP contribution in [0.25, 0.3) is 0 Å². The summed E-state index contributed by atoms with van der Waals surface area (Å²) in [5, 5.41) is 13.8. The molecule has 106 valence electrons. The molecular formula is C11H22N2O4S. The van der Waals surface area contributed by atoms with E-state index in [0.717, 1.165) is 0 Å². The minimum absolute atomic E-state index is 0.173. The number of hydrogen-bond acceptors (Lipinski definition) is 3. The number of aliphatic carboxylic acids is 1. The first-order valence-corrected chi connectivity index (χ1v) is 7.27. The van der Waals surface area contributed by atoms with Gasteiger partial charge in [0.05, 0.1) is 0 Å². The van der Waals surface area contributed by atoms with E-state index >= 15 is 0 Å². The van der Waals surface area contributed by atoms with Crippen molar-refractivity contribution in [1.82, 2.24) is 10.6 Å². The van der Waals surface area contributed by atoms with E-state index in [0.29, 0.717) is 0 Å². The Kier molecular flexibility index (Phi) is 6.31. The zero-order valence-corrected chi connectivity index (χ0v) is 12.3. The van der Waals surface area contributed by atoms with Gasteiger partial charge < -0.3 is 15.7 Å². The Morgan fingerprint density at radius 2 is 1.83 bits per heavy atom. The molecule has 0 aliphatic rings. The zero-order valence-electron chi connectivity index (χ0n) is 11.4. The van der Waals surface area contributed by atoms with Crippen LogP contribution in [-0.4, -0.2) is 45.4 Å². The van der Waals surface area contributed by atoms with E-state index in [1.807, 2.05) is 0 Å². The first-order valence-electron chi connectivity index (χ1n) is 5.65. The van der Waals surface area contributed by atoms with E-state index < -0.39 is 34.3 Å². The molecule has 0 aliphatic heterocycles. The highest BCUT2D eigenvalue weighted by molar-refractivity contribution is 7.84. The number of urea groups is 1. The second kappa shape index (κ2) is 6.72. The van der Waals surface area contributed by atoms with E-state index in [1.54, 1.807) is 34.0 Å². The summed E-state index contributed by atoms with van der Waals surface area (Å²) in [5.74, 6) is -1.08. The van der Waals surface area contributed by atoms with Crippen LogP contribution in [0.2, 0.25) is 0 Å². The van der Waals surface area contributed by atoms with Crippen molar-refractivity contribution in [2.24, 2.45) is 5.41 Å². The quantitative estimate of drug-likeness (QED) is 0.684. The average molecular weight is 278 g/mol. The van der Waals surface area contributed by atoms with Gasteiger partial charge in [0, 0.05) is 28.9 Å². The Balaban J connectivity index is 4.37. The van der Waals surface area contributed by atoms with Crippen LogP contribution in [0.4, 0.5) is 4.79 Å². The lowest BCUT2D eigenvalue weighted by molar-refractivity contribution is -0.141. The average Bonchev–Trinajstić information content (AvgIpc) is 2.20. The molecule has 0 radical (unpaired) electrons. The highest BCUT2D eigenvalue weighted by Gasteiger charge is 2.32. The van der Waals surface area contributed by atoms with Gasteiger partial charge in [-0.1, -0.05) is 20.8 Å². The second-order valence-corrected chi connectivity index (χ2v) is 7.10. The van der Waals surface area contributed by atoms with Crippen molar-refractivity contribution in [3.63, 3.8) is 0 Å². The van der Waals surface area contributed by atoms with Gasteiger partial charge in [0.2, 0.25) is 0 Å². The molecule has 3 N–H and O–H groups in total. The van der Waals surface area contributed by atoms with Crippen molar-refractivity contribution >= 4 is 22.8 Å². The molecule has 0 heterocycles. The number of nitrogens with one attached hydrogen (secondary N) is 2. The van der Waals surface area contributed by atoms with Crippen LogP contribution >= 0.6 is 0 Å². The van der Waals surface area contributed by atoms with Gasteiger partial charge in [-0.15, -0.1) is 0 Å². The first-order chi connectivity index (χ1) is 8.05. The number of carboxylic acids is 1. The van der Waals surface area contributed by atoms with Gasteiger partial charge >= 0.3 is 12.0 Å². The largest absolute Gasteiger partial charge is 0.480 e. The molecule has 0 fully saturated rings. The zero-order chi connectivity index (χ0) is 14.5. The third kappa shape index (κ3) is 6.00. The van der Waals surface area contributed by atoms with Gasteiger partial charge in [0.1, 0.15) is 6.04 Å². The summed E-state index contributed by atoms with van der Waals surface area (Å²) in [6.45, 7) is 7.18. The van der Waals surface area contributed by atoms with Gasteiger partial charge in [0.15, 0.2) is 0 Å². The molecule has 6 nitrogen and oxygen atoms in total. The Morgan fingerprint density at radius 1 is 1.33 bits per heavy atom. The predicted molar refractivity (Wildman–Crippen MR) is 70.9 cm³/mol. The highest BCUT2D eigenvalue weighted by Crippen LogP contribution is 2.19. The van der Waals surface area contributed by atoms with Gasteiger partial charge in [-0.3, -0.25) is 4.21 Å². The molecule has 0 aliphatic carbocycles. The van der Waals surface area contributed by atoms with Crippen LogP contribution in [-0.2, 0) is 15.6 Å². The highest BCUT2D eigenvalue weighted by atomic mass is 32.2. The summed E-state index contributed by atoms with van der Waals surface area (Å²) in [6.07, 6.45) is 1.56. The van der Waals surface area contributed by atoms with Crippen LogP contribution in [0.1, 0.15) is 27.7 Å². The van der Waals surface area contributed by atoms with E-state index in [-0.39, 0.29) is 11.8 Å². The van der Waals surface area contributed by atoms with Crippen molar-refractivity contribution in [2.45, 2.75) is 39.0 Å². The predicted octanol–water partition coefficient (Wildman–Crippen LogP) is 0.552. The standard InChI is InChI=1S/C11H22N2O4S/c1-7(18(5)17)6-12-10(16)13-8(9(14)15)11(2,3)4/h7-8H,6H2,1-5H3,(H,14,15)(H2,12,13,16). The fourth-order valence-electron chi connectivity index (χ4n) is 1.18. The Morgan fingerprint density at radius 3 is 2.17 bits per heavy atom. The Labute approximate surface area is 110 Å². The minimum Gasteiger partial charge on any atom is -0.480 e. The van der Waals surface area contributed by atoms with Crippen LogP contribution < -0.4 is 10.6 Å². The van der Waals surface area contributed by atoms with Gasteiger partial charge in [-0.25, -0.2) is 9.59 Å². The molecule has 0 aromatic heterocycles. The molecule has 0 bridgehead atoms. The topological polar surface area (TPSA) is 95.5 Å². The van der Waals surface area contributed by atoms with Gasteiger partial charge in [-0.2, -0.15) is 0 Å². The van der Waals surface area contributed by atoms with Crippen LogP contribution in [0.15, 0.2) is 0 Å². The fourth-order valence-corrected chi connectivity index (χ4v) is 1.50. The van der Waals surface area contributed by atoms with Crippen molar-refractivity contribution < 1.29 is 18.9 Å². The monoisotopic (exact) mass is 278 g/mol. The molecule has 2 amide bonds. The number of carbonyl (C=O) groups is 2. The van der Waals surface area contributed by atoms with Gasteiger partial charge in [0.25, 0.3) is 0 Å². The molecule has 7 heteroatoms. The maximum Gasteiger partial charge on any atom is 0.326 e. The Hall–Kier alpha value is -1.11. The molecule has 18 heavy (non-hydrogen) atoms. The van der Waals surface area contributed by atoms with Crippen molar-refractivity contribution in [2.75, 3.05) is 12.8 Å². The molecule has 0 rings (SSSR count). The summed E-state index contributed by atoms with van der Waals surface area (Å²) in [7, 11) is -1.02. The van der Waals surface area contributed by atoms with Crippen molar-refractivity contribution in [3.05, 3.63) is 0 Å². The van der Waals surface area contributed by atoms with Crippen LogP contribution in [0, 0.1) is 5.41 Å².